The van der Waals surface area contributed by atoms with E-state index in [1.807, 2.05) is 5.38 Å². The molecule has 0 saturated heterocycles. The fourth-order valence-electron chi connectivity index (χ4n) is 1.81. The van der Waals surface area contributed by atoms with E-state index in [0.717, 1.165) is 0 Å². The molecule has 0 bridgehead atoms. The normalized spacial score (nSPS) is 11.1. The van der Waals surface area contributed by atoms with Gasteiger partial charge in [0.05, 0.1) is 24.4 Å². The Morgan fingerprint density at radius 3 is 2.16 bits per heavy atom. The topological polar surface area (TPSA) is 65.5 Å². The van der Waals surface area contributed by atoms with Crippen molar-refractivity contribution in [2.75, 3.05) is 13.2 Å². The molecule has 1 heterocycles. The second kappa shape index (κ2) is 7.23. The summed E-state index contributed by atoms with van der Waals surface area (Å²) in [5, 5.41) is 1.82. The maximum absolute atomic E-state index is 12.2. The predicted octanol–water partition coefficient (Wildman–Crippen LogP) is 2.21. The van der Waals surface area contributed by atoms with E-state index in [0.29, 0.717) is 12.1 Å². The van der Waals surface area contributed by atoms with E-state index in [1.165, 1.54) is 11.3 Å². The van der Waals surface area contributed by atoms with E-state index in [4.69, 9.17) is 9.47 Å². The fourth-order valence-corrected chi connectivity index (χ4v) is 2.37. The Hall–Kier alpha value is -1.43. The van der Waals surface area contributed by atoms with Crippen molar-refractivity contribution in [1.82, 2.24) is 4.98 Å². The first kappa shape index (κ1) is 15.6. The van der Waals surface area contributed by atoms with Crippen molar-refractivity contribution >= 4 is 23.3 Å². The van der Waals surface area contributed by atoms with Crippen LogP contribution >= 0.6 is 11.3 Å². The van der Waals surface area contributed by atoms with E-state index in [1.54, 1.807) is 26.3 Å². The number of ether oxygens (including phenoxy) is 2. The second-order valence-electron chi connectivity index (χ2n) is 4.03. The quantitative estimate of drug-likeness (QED) is 0.567. The minimum atomic E-state index is -1.29. The lowest BCUT2D eigenvalue weighted by Gasteiger charge is -2.27. The van der Waals surface area contributed by atoms with Gasteiger partial charge in [-0.15, -0.1) is 11.3 Å². The molecule has 6 heteroatoms. The number of nitrogens with zero attached hydrogens (tertiary/aromatic N) is 1. The van der Waals surface area contributed by atoms with Crippen molar-refractivity contribution in [3.05, 3.63) is 16.6 Å². The van der Waals surface area contributed by atoms with Crippen LogP contribution < -0.4 is 0 Å². The van der Waals surface area contributed by atoms with E-state index in [-0.39, 0.29) is 19.6 Å². The number of rotatable bonds is 7. The molecule has 1 rings (SSSR count). The maximum atomic E-state index is 12.2. The molecule has 5 nitrogen and oxygen atoms in total. The summed E-state index contributed by atoms with van der Waals surface area (Å²) < 4.78 is 10.1. The Bertz CT molecular complexity index is 398. The number of aromatic nitrogens is 1. The lowest BCUT2D eigenvalue weighted by Crippen LogP contribution is -2.43. The first-order valence-electron chi connectivity index (χ1n) is 6.32. The highest BCUT2D eigenvalue weighted by atomic mass is 32.1. The molecule has 19 heavy (non-hydrogen) atoms. The monoisotopic (exact) mass is 285 g/mol. The molecule has 0 aliphatic heterocycles. The zero-order chi connectivity index (χ0) is 14.3. The van der Waals surface area contributed by atoms with Crippen molar-refractivity contribution in [3.8, 4) is 0 Å². The number of carbonyl (C=O) groups is 2. The zero-order valence-corrected chi connectivity index (χ0v) is 12.3. The van der Waals surface area contributed by atoms with Crippen molar-refractivity contribution in [1.29, 1.82) is 0 Å². The minimum Gasteiger partial charge on any atom is -0.465 e. The SMILES string of the molecule is CCOC(=O)C(CC)(Cc1cscn1)C(=O)OCC. The Kier molecular flexibility index (Phi) is 5.95. The van der Waals surface area contributed by atoms with Crippen molar-refractivity contribution < 1.29 is 19.1 Å². The lowest BCUT2D eigenvalue weighted by molar-refractivity contribution is -0.172. The Morgan fingerprint density at radius 2 is 1.79 bits per heavy atom. The number of hydrogen-bond acceptors (Lipinski definition) is 6. The van der Waals surface area contributed by atoms with Gasteiger partial charge in [0.2, 0.25) is 0 Å². The summed E-state index contributed by atoms with van der Waals surface area (Å²) in [6.07, 6.45) is 0.535. The molecule has 0 atom stereocenters. The maximum Gasteiger partial charge on any atom is 0.323 e. The second-order valence-corrected chi connectivity index (χ2v) is 4.75. The smallest absolute Gasteiger partial charge is 0.323 e. The largest absolute Gasteiger partial charge is 0.465 e. The van der Waals surface area contributed by atoms with E-state index in [9.17, 15) is 9.59 Å². The molecule has 0 saturated carbocycles. The molecule has 0 aliphatic rings. The molecule has 0 amide bonds. The Labute approximate surface area is 116 Å². The third-order valence-corrected chi connectivity index (χ3v) is 3.54. The van der Waals surface area contributed by atoms with Crippen LogP contribution in [0.4, 0.5) is 0 Å². The van der Waals surface area contributed by atoms with Gasteiger partial charge in [-0.05, 0) is 20.3 Å². The highest BCUT2D eigenvalue weighted by Crippen LogP contribution is 2.31. The van der Waals surface area contributed by atoms with Crippen LogP contribution in [0.2, 0.25) is 0 Å². The molecule has 106 valence electrons. The van der Waals surface area contributed by atoms with E-state index < -0.39 is 17.4 Å². The van der Waals surface area contributed by atoms with Crippen LogP contribution in [0, 0.1) is 5.41 Å². The summed E-state index contributed by atoms with van der Waals surface area (Å²) in [4.78, 5) is 28.5. The first-order valence-corrected chi connectivity index (χ1v) is 7.26. The molecule has 0 aliphatic carbocycles. The van der Waals surface area contributed by atoms with Crippen LogP contribution in [0.15, 0.2) is 10.9 Å². The van der Waals surface area contributed by atoms with Crippen molar-refractivity contribution in [3.63, 3.8) is 0 Å². The van der Waals surface area contributed by atoms with Gasteiger partial charge in [0, 0.05) is 11.8 Å². The van der Waals surface area contributed by atoms with E-state index in [2.05, 4.69) is 4.98 Å². The molecule has 0 unspecified atom stereocenters. The van der Waals surface area contributed by atoms with Gasteiger partial charge in [-0.3, -0.25) is 9.59 Å². The third kappa shape index (κ3) is 3.53. The molecule has 0 radical (unpaired) electrons. The molecular formula is C13H19NO4S. The van der Waals surface area contributed by atoms with Crippen LogP contribution in [0.25, 0.3) is 0 Å². The van der Waals surface area contributed by atoms with Crippen LogP contribution in [0.3, 0.4) is 0 Å². The van der Waals surface area contributed by atoms with Crippen LogP contribution in [-0.2, 0) is 25.5 Å². The molecule has 0 fully saturated rings. The van der Waals surface area contributed by atoms with Gasteiger partial charge < -0.3 is 9.47 Å². The molecular weight excluding hydrogens is 266 g/mol. The number of thiazole rings is 1. The van der Waals surface area contributed by atoms with Crippen LogP contribution in [0.5, 0.6) is 0 Å². The predicted molar refractivity (Wildman–Crippen MR) is 71.8 cm³/mol. The Morgan fingerprint density at radius 1 is 1.21 bits per heavy atom. The average molecular weight is 285 g/mol. The minimum absolute atomic E-state index is 0.213. The number of hydrogen-bond donors (Lipinski definition) is 0. The lowest BCUT2D eigenvalue weighted by atomic mass is 9.80. The Balaban J connectivity index is 3.05. The van der Waals surface area contributed by atoms with Gasteiger partial charge in [0.15, 0.2) is 5.41 Å². The van der Waals surface area contributed by atoms with Gasteiger partial charge in [-0.25, -0.2) is 4.98 Å². The van der Waals surface area contributed by atoms with E-state index >= 15 is 0 Å². The standard InChI is InChI=1S/C13H19NO4S/c1-4-13(11(15)17-5-2,12(16)18-6-3)7-10-8-19-9-14-10/h8-9H,4-7H2,1-3H3. The number of esters is 2. The molecule has 0 aromatic carbocycles. The summed E-state index contributed by atoms with van der Waals surface area (Å²) in [6.45, 7) is 5.67. The van der Waals surface area contributed by atoms with Gasteiger partial charge in [-0.1, -0.05) is 6.92 Å². The summed E-state index contributed by atoms with van der Waals surface area (Å²) >= 11 is 1.43. The summed E-state index contributed by atoms with van der Waals surface area (Å²) in [6, 6.07) is 0. The number of carbonyl (C=O) groups excluding carboxylic acids is 2. The highest BCUT2D eigenvalue weighted by molar-refractivity contribution is 7.07. The van der Waals surface area contributed by atoms with Crippen molar-refractivity contribution in [2.24, 2.45) is 5.41 Å². The average Bonchev–Trinajstić information content (AvgIpc) is 2.89. The molecule has 0 spiro atoms. The fraction of sp³-hybridized carbons (Fsp3) is 0.615. The molecule has 1 aromatic heterocycles. The van der Waals surface area contributed by atoms with Crippen LogP contribution in [0.1, 0.15) is 32.9 Å². The van der Waals surface area contributed by atoms with Crippen LogP contribution in [-0.4, -0.2) is 30.1 Å². The molecule has 1 aromatic rings. The summed E-state index contributed by atoms with van der Waals surface area (Å²) in [5.74, 6) is -1.08. The molecule has 0 N–H and O–H groups in total. The summed E-state index contributed by atoms with van der Waals surface area (Å²) in [7, 11) is 0. The van der Waals surface area contributed by atoms with Gasteiger partial charge >= 0.3 is 11.9 Å². The highest BCUT2D eigenvalue weighted by Gasteiger charge is 2.47. The van der Waals surface area contributed by atoms with Gasteiger partial charge in [0.1, 0.15) is 0 Å². The third-order valence-electron chi connectivity index (χ3n) is 2.90. The first-order chi connectivity index (χ1) is 9.10. The van der Waals surface area contributed by atoms with Gasteiger partial charge in [-0.2, -0.15) is 0 Å². The van der Waals surface area contributed by atoms with Crippen molar-refractivity contribution in [2.45, 2.75) is 33.6 Å². The van der Waals surface area contributed by atoms with Gasteiger partial charge in [0.25, 0.3) is 0 Å². The zero-order valence-electron chi connectivity index (χ0n) is 11.5. The summed E-state index contributed by atoms with van der Waals surface area (Å²) in [5.41, 5.74) is 1.08.